The van der Waals surface area contributed by atoms with E-state index in [9.17, 15) is 9.59 Å². The van der Waals surface area contributed by atoms with Crippen molar-refractivity contribution in [3.8, 4) is 0 Å². The van der Waals surface area contributed by atoms with Crippen LogP contribution in [0.15, 0.2) is 30.3 Å². The van der Waals surface area contributed by atoms with Gasteiger partial charge >= 0.3 is 0 Å². The summed E-state index contributed by atoms with van der Waals surface area (Å²) < 4.78 is 0. The summed E-state index contributed by atoms with van der Waals surface area (Å²) in [5, 5.41) is 2.98. The van der Waals surface area contributed by atoms with E-state index in [1.54, 1.807) is 0 Å². The Balaban J connectivity index is 1.78. The molecule has 1 aromatic rings. The van der Waals surface area contributed by atoms with E-state index in [1.807, 2.05) is 11.0 Å². The molecule has 0 bridgehead atoms. The molecule has 1 aliphatic rings. The van der Waals surface area contributed by atoms with Crippen LogP contribution in [0, 0.1) is 5.92 Å². The Kier molecular flexibility index (Phi) is 10.0. The second-order valence-electron chi connectivity index (χ2n) is 7.97. The molecular weight excluding hydrogens is 350 g/mol. The molecule has 2 rings (SSSR count). The monoisotopic (exact) mass is 387 g/mol. The van der Waals surface area contributed by atoms with E-state index in [0.717, 1.165) is 58.0 Å². The van der Waals surface area contributed by atoms with Gasteiger partial charge in [-0.3, -0.25) is 9.59 Å². The summed E-state index contributed by atoms with van der Waals surface area (Å²) >= 11 is 0. The maximum atomic E-state index is 13.0. The van der Waals surface area contributed by atoms with E-state index in [2.05, 4.69) is 36.5 Å². The zero-order valence-corrected chi connectivity index (χ0v) is 17.4. The molecule has 1 heterocycles. The third kappa shape index (κ3) is 7.63. The summed E-state index contributed by atoms with van der Waals surface area (Å²) in [6, 6.07) is 10.2. The second-order valence-corrected chi connectivity index (χ2v) is 7.97. The molecule has 1 atom stereocenters. The van der Waals surface area contributed by atoms with Gasteiger partial charge in [0.15, 0.2) is 0 Å². The number of nitrogens with one attached hydrogen (secondary N) is 1. The molecule has 28 heavy (non-hydrogen) atoms. The van der Waals surface area contributed by atoms with Gasteiger partial charge in [-0.05, 0) is 56.6 Å². The average molecular weight is 388 g/mol. The molecule has 0 aliphatic carbocycles. The van der Waals surface area contributed by atoms with Crippen LogP contribution >= 0.6 is 0 Å². The number of nitrogens with zero attached hydrogens (tertiary/aromatic N) is 1. The topological polar surface area (TPSA) is 75.4 Å². The number of unbranched alkanes of at least 4 members (excludes halogenated alkanes) is 2. The molecule has 5 heteroatoms. The van der Waals surface area contributed by atoms with Crippen molar-refractivity contribution in [3.05, 3.63) is 35.9 Å². The lowest BCUT2D eigenvalue weighted by Crippen LogP contribution is -2.50. The molecule has 5 nitrogen and oxygen atoms in total. The zero-order chi connectivity index (χ0) is 20.2. The van der Waals surface area contributed by atoms with Gasteiger partial charge in [0.1, 0.15) is 6.04 Å². The number of piperidine rings is 1. The van der Waals surface area contributed by atoms with Crippen LogP contribution < -0.4 is 11.1 Å². The van der Waals surface area contributed by atoms with Gasteiger partial charge in [-0.15, -0.1) is 0 Å². The lowest BCUT2D eigenvalue weighted by molar-refractivity contribution is -0.137. The summed E-state index contributed by atoms with van der Waals surface area (Å²) in [6.45, 7) is 4.31. The van der Waals surface area contributed by atoms with Crippen LogP contribution in [0.3, 0.4) is 0 Å². The maximum absolute atomic E-state index is 13.0. The number of likely N-dealkylation sites (tertiary alicyclic amines) is 1. The number of benzene rings is 1. The summed E-state index contributed by atoms with van der Waals surface area (Å²) in [4.78, 5) is 27.1. The SMILES string of the molecule is CCC[C@H](NC(=O)CCCCCN)C(=O)N1CCC(Cc2ccccc2)CC1. The molecule has 0 radical (unpaired) electrons. The Morgan fingerprint density at radius 3 is 2.50 bits per heavy atom. The summed E-state index contributed by atoms with van der Waals surface area (Å²) in [5.41, 5.74) is 6.86. The Morgan fingerprint density at radius 1 is 1.14 bits per heavy atom. The van der Waals surface area contributed by atoms with Crippen LogP contribution in [0.2, 0.25) is 0 Å². The number of amides is 2. The minimum Gasteiger partial charge on any atom is -0.344 e. The van der Waals surface area contributed by atoms with Crippen LogP contribution in [0.25, 0.3) is 0 Å². The minimum atomic E-state index is -0.377. The molecular formula is C23H37N3O2. The minimum absolute atomic E-state index is 0.0113. The van der Waals surface area contributed by atoms with Gasteiger partial charge in [0.05, 0.1) is 0 Å². The van der Waals surface area contributed by atoms with Crippen LogP contribution in [-0.4, -0.2) is 42.4 Å². The number of hydrogen-bond acceptors (Lipinski definition) is 3. The number of nitrogens with two attached hydrogens (primary N) is 1. The van der Waals surface area contributed by atoms with E-state index < -0.39 is 0 Å². The second kappa shape index (κ2) is 12.6. The first-order valence-corrected chi connectivity index (χ1v) is 11.0. The van der Waals surface area contributed by atoms with Crippen LogP contribution in [-0.2, 0) is 16.0 Å². The lowest BCUT2D eigenvalue weighted by Gasteiger charge is -2.34. The van der Waals surface area contributed by atoms with Gasteiger partial charge in [0.25, 0.3) is 0 Å². The third-order valence-electron chi connectivity index (χ3n) is 5.61. The van der Waals surface area contributed by atoms with Crippen LogP contribution in [0.4, 0.5) is 0 Å². The van der Waals surface area contributed by atoms with E-state index in [0.29, 0.717) is 25.3 Å². The average Bonchev–Trinajstić information content (AvgIpc) is 2.72. The normalized spacial score (nSPS) is 16.0. The molecule has 3 N–H and O–H groups in total. The zero-order valence-electron chi connectivity index (χ0n) is 17.4. The van der Waals surface area contributed by atoms with Crippen molar-refractivity contribution in [3.63, 3.8) is 0 Å². The van der Waals surface area contributed by atoms with Gasteiger partial charge < -0.3 is 16.0 Å². The first-order chi connectivity index (χ1) is 13.6. The molecule has 0 unspecified atom stereocenters. The molecule has 2 amide bonds. The van der Waals surface area contributed by atoms with Crippen molar-refractivity contribution in [2.24, 2.45) is 11.7 Å². The van der Waals surface area contributed by atoms with Crippen molar-refractivity contribution in [2.75, 3.05) is 19.6 Å². The van der Waals surface area contributed by atoms with E-state index in [1.165, 1.54) is 5.56 Å². The summed E-state index contributed by atoms with van der Waals surface area (Å²) in [7, 11) is 0. The van der Waals surface area contributed by atoms with E-state index in [4.69, 9.17) is 5.73 Å². The largest absolute Gasteiger partial charge is 0.344 e. The Hall–Kier alpha value is -1.88. The highest BCUT2D eigenvalue weighted by Crippen LogP contribution is 2.22. The highest BCUT2D eigenvalue weighted by atomic mass is 16.2. The summed E-state index contributed by atoms with van der Waals surface area (Å²) in [5.74, 6) is 0.714. The van der Waals surface area contributed by atoms with E-state index in [-0.39, 0.29) is 17.9 Å². The predicted molar refractivity (Wildman–Crippen MR) is 114 cm³/mol. The van der Waals surface area contributed by atoms with Crippen LogP contribution in [0.5, 0.6) is 0 Å². The number of rotatable bonds is 11. The molecule has 0 aromatic heterocycles. The van der Waals surface area contributed by atoms with Gasteiger partial charge in [0, 0.05) is 19.5 Å². The molecule has 0 saturated carbocycles. The van der Waals surface area contributed by atoms with Crippen molar-refractivity contribution in [1.29, 1.82) is 0 Å². The fourth-order valence-electron chi connectivity index (χ4n) is 3.94. The number of carbonyl (C=O) groups excluding carboxylic acids is 2. The molecule has 1 aliphatic heterocycles. The molecule has 156 valence electrons. The molecule has 1 aromatic carbocycles. The Bertz CT molecular complexity index is 583. The quantitative estimate of drug-likeness (QED) is 0.572. The van der Waals surface area contributed by atoms with Gasteiger partial charge in [0.2, 0.25) is 11.8 Å². The first-order valence-electron chi connectivity index (χ1n) is 11.0. The van der Waals surface area contributed by atoms with E-state index >= 15 is 0 Å². The fraction of sp³-hybridized carbons (Fsp3) is 0.652. The first kappa shape index (κ1) is 22.4. The molecule has 1 fully saturated rings. The van der Waals surface area contributed by atoms with Crippen molar-refractivity contribution >= 4 is 11.8 Å². The van der Waals surface area contributed by atoms with Gasteiger partial charge in [-0.25, -0.2) is 0 Å². The Labute approximate surface area is 170 Å². The molecule has 0 spiro atoms. The fourth-order valence-corrected chi connectivity index (χ4v) is 3.94. The van der Waals surface area contributed by atoms with Gasteiger partial charge in [-0.2, -0.15) is 0 Å². The highest BCUT2D eigenvalue weighted by Gasteiger charge is 2.28. The van der Waals surface area contributed by atoms with Gasteiger partial charge in [-0.1, -0.05) is 50.1 Å². The van der Waals surface area contributed by atoms with Crippen molar-refractivity contribution in [1.82, 2.24) is 10.2 Å². The maximum Gasteiger partial charge on any atom is 0.245 e. The standard InChI is InChI=1S/C23H37N3O2/c1-2-9-21(25-22(27)12-7-4-8-15-24)23(28)26-16-13-20(14-17-26)18-19-10-5-3-6-11-19/h3,5-6,10-11,20-21H,2,4,7-9,12-18,24H2,1H3,(H,25,27)/t21-/m0/s1. The Morgan fingerprint density at radius 2 is 1.86 bits per heavy atom. The molecule has 1 saturated heterocycles. The van der Waals surface area contributed by atoms with Crippen LogP contribution in [0.1, 0.15) is 63.9 Å². The number of carbonyl (C=O) groups is 2. The summed E-state index contributed by atoms with van der Waals surface area (Å²) in [6.07, 6.45) is 7.97. The van der Waals surface area contributed by atoms with Crippen molar-refractivity contribution < 1.29 is 9.59 Å². The number of hydrogen-bond donors (Lipinski definition) is 2. The third-order valence-corrected chi connectivity index (χ3v) is 5.61. The van der Waals surface area contributed by atoms with Crippen molar-refractivity contribution in [2.45, 2.75) is 70.8 Å². The predicted octanol–water partition coefficient (Wildman–Crippen LogP) is 3.27. The highest BCUT2D eigenvalue weighted by molar-refractivity contribution is 5.87. The lowest BCUT2D eigenvalue weighted by atomic mass is 9.90. The smallest absolute Gasteiger partial charge is 0.245 e.